The van der Waals surface area contributed by atoms with Crippen LogP contribution in [0.5, 0.6) is 0 Å². The average Bonchev–Trinajstić information content (AvgIpc) is 3.09. The summed E-state index contributed by atoms with van der Waals surface area (Å²) in [6.07, 6.45) is 2.70. The molecule has 0 atom stereocenters. The maximum Gasteiger partial charge on any atom is 0.211 e. The molecular weight excluding hydrogens is 270 g/mol. The quantitative estimate of drug-likeness (QED) is 0.874. The molecule has 0 amide bonds. The van der Waals surface area contributed by atoms with Gasteiger partial charge in [-0.05, 0) is 37.0 Å². The van der Waals surface area contributed by atoms with E-state index in [1.165, 1.54) is 5.56 Å². The second-order valence-corrected chi connectivity index (χ2v) is 7.29. The fraction of sp³-hybridized carbons (Fsp3) is 0.538. The van der Waals surface area contributed by atoms with Crippen LogP contribution in [0.4, 0.5) is 0 Å². The van der Waals surface area contributed by atoms with Crippen LogP contribution in [0.1, 0.15) is 31.7 Å². The van der Waals surface area contributed by atoms with Crippen molar-refractivity contribution in [3.63, 3.8) is 0 Å². The molecule has 3 nitrogen and oxygen atoms in total. The van der Waals surface area contributed by atoms with E-state index in [-0.39, 0.29) is 11.2 Å². The highest BCUT2D eigenvalue weighted by Crippen LogP contribution is 2.47. The summed E-state index contributed by atoms with van der Waals surface area (Å²) in [5.74, 6) is 0.198. The summed E-state index contributed by atoms with van der Waals surface area (Å²) in [4.78, 5) is 0. The molecule has 1 saturated carbocycles. The third kappa shape index (κ3) is 3.25. The van der Waals surface area contributed by atoms with Crippen molar-refractivity contribution in [2.24, 2.45) is 0 Å². The summed E-state index contributed by atoms with van der Waals surface area (Å²) in [7, 11) is -3.12. The molecule has 0 bridgehead atoms. The molecule has 0 aliphatic heterocycles. The van der Waals surface area contributed by atoms with E-state index in [0.29, 0.717) is 18.0 Å². The molecule has 1 fully saturated rings. The van der Waals surface area contributed by atoms with Gasteiger partial charge >= 0.3 is 0 Å². The van der Waals surface area contributed by atoms with Crippen molar-refractivity contribution in [2.75, 3.05) is 12.3 Å². The van der Waals surface area contributed by atoms with Crippen LogP contribution in [0.3, 0.4) is 0 Å². The Hall–Kier alpha value is -0.580. The lowest BCUT2D eigenvalue weighted by atomic mass is 9.96. The average molecular weight is 288 g/mol. The van der Waals surface area contributed by atoms with E-state index in [2.05, 4.69) is 4.72 Å². The van der Waals surface area contributed by atoms with Gasteiger partial charge < -0.3 is 0 Å². The first-order valence-corrected chi connectivity index (χ1v) is 8.24. The number of benzene rings is 1. The highest BCUT2D eigenvalue weighted by atomic mass is 35.5. The van der Waals surface area contributed by atoms with E-state index in [1.54, 1.807) is 0 Å². The van der Waals surface area contributed by atoms with Crippen LogP contribution < -0.4 is 4.72 Å². The van der Waals surface area contributed by atoms with Crippen molar-refractivity contribution >= 4 is 21.6 Å². The summed E-state index contributed by atoms with van der Waals surface area (Å²) in [6, 6.07) is 7.70. The first-order valence-electron chi connectivity index (χ1n) is 6.21. The lowest BCUT2D eigenvalue weighted by Gasteiger charge is -2.16. The molecular formula is C13H18ClNO2S. The van der Waals surface area contributed by atoms with Gasteiger partial charge in [-0.25, -0.2) is 13.1 Å². The summed E-state index contributed by atoms with van der Waals surface area (Å²) < 4.78 is 26.0. The first-order chi connectivity index (χ1) is 8.47. The Kier molecular flexibility index (Phi) is 3.99. The van der Waals surface area contributed by atoms with Crippen LogP contribution in [0.15, 0.2) is 24.3 Å². The number of nitrogens with one attached hydrogen (secondary N) is 1. The lowest BCUT2D eigenvalue weighted by molar-refractivity contribution is 0.566. The molecule has 0 saturated heterocycles. The minimum absolute atomic E-state index is 0.00853. The normalized spacial score (nSPS) is 17.7. The molecule has 0 unspecified atom stereocenters. The zero-order chi connectivity index (χ0) is 13.2. The standard InChI is InChI=1S/C13H18ClNO2S/c1-2-9-18(16,17)15-10-13(7-8-13)11-3-5-12(14)6-4-11/h3-6,15H,2,7-10H2,1H3. The van der Waals surface area contributed by atoms with E-state index in [1.807, 2.05) is 31.2 Å². The molecule has 5 heteroatoms. The van der Waals surface area contributed by atoms with E-state index >= 15 is 0 Å². The Bertz CT molecular complexity index is 506. The number of hydrogen-bond acceptors (Lipinski definition) is 2. The topological polar surface area (TPSA) is 46.2 Å². The van der Waals surface area contributed by atoms with Gasteiger partial charge in [0.25, 0.3) is 0 Å². The highest BCUT2D eigenvalue weighted by Gasteiger charge is 2.44. The summed E-state index contributed by atoms with van der Waals surface area (Å²) in [5, 5.41) is 0.709. The molecule has 100 valence electrons. The minimum Gasteiger partial charge on any atom is -0.214 e. The molecule has 0 radical (unpaired) electrons. The van der Waals surface area contributed by atoms with Crippen molar-refractivity contribution in [1.82, 2.24) is 4.72 Å². The predicted octanol–water partition coefficient (Wildman–Crippen LogP) is 2.70. The number of halogens is 1. The Balaban J connectivity index is 2.03. The molecule has 1 aromatic rings. The van der Waals surface area contributed by atoms with Crippen LogP contribution in [0.25, 0.3) is 0 Å². The number of hydrogen-bond donors (Lipinski definition) is 1. The second-order valence-electron chi connectivity index (χ2n) is 4.93. The van der Waals surface area contributed by atoms with Gasteiger partial charge in [-0.1, -0.05) is 30.7 Å². The van der Waals surface area contributed by atoms with Gasteiger partial charge in [0.1, 0.15) is 0 Å². The Morgan fingerprint density at radius 3 is 2.39 bits per heavy atom. The van der Waals surface area contributed by atoms with Crippen molar-refractivity contribution in [3.8, 4) is 0 Å². The van der Waals surface area contributed by atoms with Gasteiger partial charge in [0.05, 0.1) is 5.75 Å². The van der Waals surface area contributed by atoms with Crippen LogP contribution in [0, 0.1) is 0 Å². The summed E-state index contributed by atoms with van der Waals surface area (Å²) >= 11 is 5.86. The van der Waals surface area contributed by atoms with Crippen molar-refractivity contribution in [1.29, 1.82) is 0 Å². The molecule has 1 aliphatic carbocycles. The maximum atomic E-state index is 11.7. The third-order valence-electron chi connectivity index (χ3n) is 3.41. The van der Waals surface area contributed by atoms with Crippen LogP contribution in [-0.2, 0) is 15.4 Å². The van der Waals surface area contributed by atoms with E-state index < -0.39 is 10.0 Å². The highest BCUT2D eigenvalue weighted by molar-refractivity contribution is 7.89. The van der Waals surface area contributed by atoms with Gasteiger partial charge in [-0.2, -0.15) is 0 Å². The zero-order valence-electron chi connectivity index (χ0n) is 10.4. The fourth-order valence-corrected chi connectivity index (χ4v) is 3.41. The fourth-order valence-electron chi connectivity index (χ4n) is 2.11. The summed E-state index contributed by atoms with van der Waals surface area (Å²) in [6.45, 7) is 2.36. The van der Waals surface area contributed by atoms with Gasteiger partial charge in [0.15, 0.2) is 0 Å². The molecule has 1 aliphatic rings. The van der Waals surface area contributed by atoms with E-state index in [0.717, 1.165) is 12.8 Å². The van der Waals surface area contributed by atoms with Crippen LogP contribution >= 0.6 is 11.6 Å². The Morgan fingerprint density at radius 1 is 1.28 bits per heavy atom. The van der Waals surface area contributed by atoms with Crippen LogP contribution in [0.2, 0.25) is 5.02 Å². The van der Waals surface area contributed by atoms with Gasteiger partial charge in [0, 0.05) is 17.0 Å². The molecule has 0 spiro atoms. The lowest BCUT2D eigenvalue weighted by Crippen LogP contribution is -2.33. The van der Waals surface area contributed by atoms with Crippen LogP contribution in [-0.4, -0.2) is 20.7 Å². The molecule has 1 N–H and O–H groups in total. The largest absolute Gasteiger partial charge is 0.214 e. The zero-order valence-corrected chi connectivity index (χ0v) is 12.0. The third-order valence-corrected chi connectivity index (χ3v) is 5.20. The number of rotatable bonds is 6. The SMILES string of the molecule is CCCS(=O)(=O)NCC1(c2ccc(Cl)cc2)CC1. The summed E-state index contributed by atoms with van der Waals surface area (Å²) in [5.41, 5.74) is 1.16. The van der Waals surface area contributed by atoms with Crippen molar-refractivity contribution in [3.05, 3.63) is 34.9 Å². The van der Waals surface area contributed by atoms with E-state index in [9.17, 15) is 8.42 Å². The van der Waals surface area contributed by atoms with Gasteiger partial charge in [-0.3, -0.25) is 0 Å². The Labute approximate surface area is 114 Å². The second kappa shape index (κ2) is 5.19. The van der Waals surface area contributed by atoms with E-state index in [4.69, 9.17) is 11.6 Å². The van der Waals surface area contributed by atoms with Gasteiger partial charge in [0.2, 0.25) is 10.0 Å². The monoisotopic (exact) mass is 287 g/mol. The van der Waals surface area contributed by atoms with Crippen molar-refractivity contribution in [2.45, 2.75) is 31.6 Å². The van der Waals surface area contributed by atoms with Gasteiger partial charge in [-0.15, -0.1) is 0 Å². The first kappa shape index (κ1) is 13.8. The molecule has 2 rings (SSSR count). The minimum atomic E-state index is -3.12. The molecule has 0 heterocycles. The number of sulfonamides is 1. The molecule has 0 aromatic heterocycles. The maximum absolute atomic E-state index is 11.7. The van der Waals surface area contributed by atoms with Crippen molar-refractivity contribution < 1.29 is 8.42 Å². The predicted molar refractivity (Wildman–Crippen MR) is 74.4 cm³/mol. The molecule has 18 heavy (non-hydrogen) atoms. The smallest absolute Gasteiger partial charge is 0.211 e. The molecule has 1 aromatic carbocycles. The Morgan fingerprint density at radius 2 is 1.89 bits per heavy atom.